The van der Waals surface area contributed by atoms with E-state index < -0.39 is 0 Å². The molecule has 0 unspecified atom stereocenters. The fraction of sp³-hybridized carbons (Fsp3) is 0.0714. The zero-order valence-corrected chi connectivity index (χ0v) is 13.6. The highest BCUT2D eigenvalue weighted by molar-refractivity contribution is 9.10. The Labute approximate surface area is 135 Å². The van der Waals surface area contributed by atoms with E-state index in [0.717, 1.165) is 10.0 Å². The second-order valence-corrected chi connectivity index (χ2v) is 6.01. The molecule has 2 rings (SSSR count). The molecule has 6 heteroatoms. The van der Waals surface area contributed by atoms with Gasteiger partial charge in [0.05, 0.1) is 5.69 Å². The molecule has 0 heterocycles. The van der Waals surface area contributed by atoms with E-state index in [9.17, 15) is 4.79 Å². The van der Waals surface area contributed by atoms with Crippen LogP contribution < -0.4 is 11.1 Å². The van der Waals surface area contributed by atoms with Gasteiger partial charge in [-0.25, -0.2) is 0 Å². The number of hydrogen-bond donors (Lipinski definition) is 2. The van der Waals surface area contributed by atoms with Gasteiger partial charge in [0.25, 0.3) is 5.91 Å². The van der Waals surface area contributed by atoms with E-state index in [1.165, 1.54) is 0 Å². The molecule has 104 valence electrons. The molecule has 0 atom stereocenters. The van der Waals surface area contributed by atoms with Crippen LogP contribution in [0.3, 0.4) is 0 Å². The molecule has 2 aromatic rings. The van der Waals surface area contributed by atoms with Crippen LogP contribution in [-0.4, -0.2) is 5.91 Å². The van der Waals surface area contributed by atoms with Gasteiger partial charge in [-0.2, -0.15) is 0 Å². The Morgan fingerprint density at radius 3 is 2.55 bits per heavy atom. The number of carbonyl (C=O) groups is 1. The maximum atomic E-state index is 12.2. The predicted molar refractivity (Wildman–Crippen MR) is 87.7 cm³/mol. The topological polar surface area (TPSA) is 55.1 Å². The Hall–Kier alpha value is -1.23. The Kier molecular flexibility index (Phi) is 4.58. The second-order valence-electron chi connectivity index (χ2n) is 4.31. The number of nitrogens with two attached hydrogens (primary N) is 1. The summed E-state index contributed by atoms with van der Waals surface area (Å²) in [5, 5.41) is 3.76. The molecule has 20 heavy (non-hydrogen) atoms. The van der Waals surface area contributed by atoms with Gasteiger partial charge in [0.2, 0.25) is 0 Å². The maximum absolute atomic E-state index is 12.2. The molecular weight excluding hydrogens is 363 g/mol. The van der Waals surface area contributed by atoms with Gasteiger partial charge in [-0.15, -0.1) is 0 Å². The summed E-state index contributed by atoms with van der Waals surface area (Å²) in [4.78, 5) is 12.2. The molecule has 0 aliphatic heterocycles. The summed E-state index contributed by atoms with van der Waals surface area (Å²) >= 11 is 15.3. The third-order valence-corrected chi connectivity index (χ3v) is 3.96. The molecule has 2 aromatic carbocycles. The summed E-state index contributed by atoms with van der Waals surface area (Å²) in [6, 6.07) is 8.22. The number of benzene rings is 2. The molecule has 0 spiro atoms. The molecule has 0 aliphatic rings. The van der Waals surface area contributed by atoms with E-state index >= 15 is 0 Å². The highest BCUT2D eigenvalue weighted by atomic mass is 79.9. The molecule has 3 nitrogen and oxygen atoms in total. The number of nitrogen functional groups attached to an aromatic ring is 1. The van der Waals surface area contributed by atoms with Crippen LogP contribution >= 0.6 is 39.1 Å². The maximum Gasteiger partial charge on any atom is 0.255 e. The summed E-state index contributed by atoms with van der Waals surface area (Å²) in [6.45, 7) is 1.89. The van der Waals surface area contributed by atoms with Gasteiger partial charge in [-0.05, 0) is 58.7 Å². The molecule has 0 fully saturated rings. The van der Waals surface area contributed by atoms with Crippen molar-refractivity contribution in [1.82, 2.24) is 0 Å². The van der Waals surface area contributed by atoms with Crippen LogP contribution in [0.1, 0.15) is 15.9 Å². The fourth-order valence-corrected chi connectivity index (χ4v) is 2.64. The van der Waals surface area contributed by atoms with E-state index in [2.05, 4.69) is 21.2 Å². The summed E-state index contributed by atoms with van der Waals surface area (Å²) in [5.41, 5.74) is 8.00. The number of halogens is 3. The first-order valence-electron chi connectivity index (χ1n) is 5.70. The molecule has 0 aliphatic carbocycles. The predicted octanol–water partition coefficient (Wildman–Crippen LogP) is 4.90. The van der Waals surface area contributed by atoms with Crippen LogP contribution in [0.2, 0.25) is 10.0 Å². The normalized spacial score (nSPS) is 10.4. The van der Waals surface area contributed by atoms with Crippen LogP contribution in [0.5, 0.6) is 0 Å². The Balaban J connectivity index is 2.30. The quantitative estimate of drug-likeness (QED) is 0.735. The number of rotatable bonds is 2. The summed E-state index contributed by atoms with van der Waals surface area (Å²) < 4.78 is 0.753. The average Bonchev–Trinajstić information content (AvgIpc) is 2.34. The Morgan fingerprint density at radius 2 is 1.90 bits per heavy atom. The first-order chi connectivity index (χ1) is 9.36. The highest BCUT2D eigenvalue weighted by Crippen LogP contribution is 2.29. The summed E-state index contributed by atoms with van der Waals surface area (Å²) in [6.07, 6.45) is 0. The Morgan fingerprint density at radius 1 is 1.20 bits per heavy atom. The van der Waals surface area contributed by atoms with E-state index in [1.807, 2.05) is 13.0 Å². The molecular formula is C14H11BrCl2N2O. The van der Waals surface area contributed by atoms with Crippen LogP contribution in [0, 0.1) is 6.92 Å². The van der Waals surface area contributed by atoms with Crippen LogP contribution in [0.15, 0.2) is 34.8 Å². The van der Waals surface area contributed by atoms with E-state index in [-0.39, 0.29) is 5.91 Å². The van der Waals surface area contributed by atoms with E-state index in [0.29, 0.717) is 27.0 Å². The third kappa shape index (κ3) is 3.45. The first kappa shape index (κ1) is 15.2. The lowest BCUT2D eigenvalue weighted by molar-refractivity contribution is 0.102. The first-order valence-corrected chi connectivity index (χ1v) is 7.25. The van der Waals surface area contributed by atoms with Crippen molar-refractivity contribution < 1.29 is 4.79 Å². The van der Waals surface area contributed by atoms with Crippen molar-refractivity contribution in [2.45, 2.75) is 6.92 Å². The lowest BCUT2D eigenvalue weighted by Crippen LogP contribution is -2.12. The Bertz CT molecular complexity index is 669. The molecule has 0 aromatic heterocycles. The third-order valence-electron chi connectivity index (χ3n) is 2.68. The molecule has 3 N–H and O–H groups in total. The highest BCUT2D eigenvalue weighted by Gasteiger charge is 2.11. The van der Waals surface area contributed by atoms with Crippen molar-refractivity contribution in [2.75, 3.05) is 11.1 Å². The van der Waals surface area contributed by atoms with Crippen LogP contribution in [0.4, 0.5) is 11.4 Å². The number of aryl methyl sites for hydroxylation is 1. The number of anilines is 2. The van der Waals surface area contributed by atoms with Gasteiger partial charge in [-0.1, -0.05) is 23.2 Å². The lowest BCUT2D eigenvalue weighted by atomic mass is 10.1. The van der Waals surface area contributed by atoms with Gasteiger partial charge in [0.15, 0.2) is 0 Å². The number of hydrogen-bond acceptors (Lipinski definition) is 2. The second kappa shape index (κ2) is 6.04. The molecule has 0 radical (unpaired) electrons. The largest absolute Gasteiger partial charge is 0.399 e. The van der Waals surface area contributed by atoms with Crippen molar-refractivity contribution in [3.05, 3.63) is 56.0 Å². The number of amides is 1. The van der Waals surface area contributed by atoms with Gasteiger partial charge < -0.3 is 11.1 Å². The monoisotopic (exact) mass is 372 g/mol. The SMILES string of the molecule is Cc1cc(Br)c(NC(=O)c2cc(N)cc(Cl)c2)cc1Cl. The minimum atomic E-state index is -0.306. The average molecular weight is 374 g/mol. The van der Waals surface area contributed by atoms with Crippen molar-refractivity contribution in [1.29, 1.82) is 0 Å². The minimum absolute atomic E-state index is 0.306. The smallest absolute Gasteiger partial charge is 0.255 e. The number of nitrogens with one attached hydrogen (secondary N) is 1. The van der Waals surface area contributed by atoms with Crippen LogP contribution in [-0.2, 0) is 0 Å². The van der Waals surface area contributed by atoms with Gasteiger partial charge in [-0.3, -0.25) is 4.79 Å². The molecule has 1 amide bonds. The van der Waals surface area contributed by atoms with E-state index in [4.69, 9.17) is 28.9 Å². The van der Waals surface area contributed by atoms with Gasteiger partial charge >= 0.3 is 0 Å². The standard InChI is InChI=1S/C14H11BrCl2N2O/c1-7-2-11(15)13(6-12(7)17)19-14(20)8-3-9(16)5-10(18)4-8/h2-6H,18H2,1H3,(H,19,20). The lowest BCUT2D eigenvalue weighted by Gasteiger charge is -2.10. The molecule has 0 bridgehead atoms. The molecule has 0 saturated carbocycles. The van der Waals surface area contributed by atoms with Gasteiger partial charge in [0.1, 0.15) is 0 Å². The van der Waals surface area contributed by atoms with Crippen molar-refractivity contribution >= 4 is 56.4 Å². The zero-order chi connectivity index (χ0) is 14.9. The fourth-order valence-electron chi connectivity index (χ4n) is 1.68. The minimum Gasteiger partial charge on any atom is -0.399 e. The summed E-state index contributed by atoms with van der Waals surface area (Å²) in [5.74, 6) is -0.306. The van der Waals surface area contributed by atoms with Gasteiger partial charge in [0, 0.05) is 25.8 Å². The zero-order valence-electron chi connectivity index (χ0n) is 10.5. The van der Waals surface area contributed by atoms with E-state index in [1.54, 1.807) is 24.3 Å². The van der Waals surface area contributed by atoms with Crippen LogP contribution in [0.25, 0.3) is 0 Å². The van der Waals surface area contributed by atoms with Crippen molar-refractivity contribution in [2.24, 2.45) is 0 Å². The summed E-state index contributed by atoms with van der Waals surface area (Å²) in [7, 11) is 0. The van der Waals surface area contributed by atoms with Crippen molar-refractivity contribution in [3.63, 3.8) is 0 Å². The van der Waals surface area contributed by atoms with Crippen molar-refractivity contribution in [3.8, 4) is 0 Å². The number of carbonyl (C=O) groups excluding carboxylic acids is 1. The molecule has 0 saturated heterocycles.